The molecule has 0 aliphatic heterocycles. The summed E-state index contributed by atoms with van der Waals surface area (Å²) >= 11 is 0. The van der Waals surface area contributed by atoms with E-state index in [0.717, 1.165) is 0 Å². The van der Waals surface area contributed by atoms with Crippen LogP contribution in [-0.2, 0) is 45.5 Å². The van der Waals surface area contributed by atoms with E-state index in [1.165, 1.54) is 14.2 Å². The first-order chi connectivity index (χ1) is 15.0. The highest BCUT2D eigenvalue weighted by Gasteiger charge is 2.42. The summed E-state index contributed by atoms with van der Waals surface area (Å²) in [7, 11) is 7.11. The summed E-state index contributed by atoms with van der Waals surface area (Å²) in [5.41, 5.74) is 11.8. The number of nitrogens with two attached hydrogens (primary N) is 2. The monoisotopic (exact) mass is 506 g/mol. The fourth-order valence-corrected chi connectivity index (χ4v) is 6.26. The molecule has 0 aliphatic rings. The number of hydrogen-bond donors (Lipinski definition) is 2. The smallest absolute Gasteiger partial charge is 0.377 e. The lowest BCUT2D eigenvalue weighted by atomic mass is 10.4. The van der Waals surface area contributed by atoms with Gasteiger partial charge in [0.05, 0.1) is 0 Å². The van der Waals surface area contributed by atoms with Gasteiger partial charge in [-0.1, -0.05) is 0 Å². The normalized spacial score (nSPS) is 13.1. The Morgan fingerprint density at radius 2 is 0.812 bits per heavy atom. The second kappa shape index (κ2) is 17.4. The molecule has 0 fully saturated rings. The lowest BCUT2D eigenvalue weighted by Crippen LogP contribution is -2.50. The van der Waals surface area contributed by atoms with Crippen LogP contribution < -0.4 is 11.5 Å². The Balaban J connectivity index is 0. The zero-order valence-electron chi connectivity index (χ0n) is 21.5. The summed E-state index contributed by atoms with van der Waals surface area (Å²) in [6, 6.07) is 1.06. The molecule has 4 N–H and O–H groups in total. The fourth-order valence-electron chi connectivity index (χ4n) is 2.73. The minimum Gasteiger partial charge on any atom is -0.377 e. The van der Waals surface area contributed by atoms with Crippen LogP contribution in [0.4, 0.5) is 0 Å². The number of ether oxygens (including phenoxy) is 4. The summed E-state index contributed by atoms with van der Waals surface area (Å²) in [5, 5.41) is 0. The van der Waals surface area contributed by atoms with Gasteiger partial charge in [0, 0.05) is 95.0 Å². The summed E-state index contributed by atoms with van der Waals surface area (Å²) in [6.45, 7) is 4.71. The van der Waals surface area contributed by atoms with Gasteiger partial charge in [-0.3, -0.25) is 11.5 Å². The maximum atomic E-state index is 6.00. The first-order valence-corrected chi connectivity index (χ1v) is 14.2. The highest BCUT2D eigenvalue weighted by Crippen LogP contribution is 2.23. The van der Waals surface area contributed by atoms with Gasteiger partial charge >= 0.3 is 17.6 Å². The van der Waals surface area contributed by atoms with Gasteiger partial charge < -0.3 is 45.5 Å². The van der Waals surface area contributed by atoms with E-state index >= 15 is 0 Å². The molecular weight excluding hydrogens is 460 g/mol. The predicted molar refractivity (Wildman–Crippen MR) is 124 cm³/mol. The van der Waals surface area contributed by atoms with E-state index in [0.29, 0.717) is 38.1 Å². The molecule has 0 saturated carbocycles. The molecule has 14 heteroatoms. The summed E-state index contributed by atoms with van der Waals surface area (Å²) < 4.78 is 52.6. The van der Waals surface area contributed by atoms with Gasteiger partial charge in [-0.25, -0.2) is 0 Å². The van der Waals surface area contributed by atoms with Gasteiger partial charge in [0.1, 0.15) is 0 Å². The second-order valence-corrected chi connectivity index (χ2v) is 12.7. The van der Waals surface area contributed by atoms with Gasteiger partial charge in [-0.05, 0) is 13.8 Å². The molecule has 0 aromatic carbocycles. The molecular formula is C18H46N2O10Si2. The van der Waals surface area contributed by atoms with Crippen LogP contribution in [0.1, 0.15) is 26.7 Å². The third kappa shape index (κ3) is 11.9. The molecule has 0 aliphatic carbocycles. The second-order valence-electron chi connectivity index (χ2n) is 6.49. The topological polar surface area (TPSA) is 144 Å². The van der Waals surface area contributed by atoms with Crippen molar-refractivity contribution in [3.05, 3.63) is 0 Å². The SMILES string of the molecule is CCOC(N)(CC[Si](OC)(OC)OC)OCC.COC(N)(CC[Si](OC)(OC)OC)OC. The van der Waals surface area contributed by atoms with Crippen LogP contribution in [0.25, 0.3) is 0 Å². The molecule has 0 rings (SSSR count). The van der Waals surface area contributed by atoms with Gasteiger partial charge in [0.2, 0.25) is 11.8 Å². The number of methoxy groups -OCH3 is 2. The molecule has 0 aromatic heterocycles. The Morgan fingerprint density at radius 1 is 0.531 bits per heavy atom. The van der Waals surface area contributed by atoms with Gasteiger partial charge in [0.25, 0.3) is 0 Å². The Kier molecular flexibility index (Phi) is 18.6. The van der Waals surface area contributed by atoms with Crippen LogP contribution in [0, 0.1) is 0 Å². The minimum atomic E-state index is -2.63. The van der Waals surface area contributed by atoms with Crippen molar-refractivity contribution in [3.63, 3.8) is 0 Å². The van der Waals surface area contributed by atoms with Gasteiger partial charge in [-0.2, -0.15) is 0 Å². The molecule has 0 unspecified atom stereocenters. The van der Waals surface area contributed by atoms with E-state index in [2.05, 4.69) is 0 Å². The Bertz CT molecular complexity index is 431. The maximum Gasteiger partial charge on any atom is 0.500 e. The van der Waals surface area contributed by atoms with E-state index in [-0.39, 0.29) is 0 Å². The van der Waals surface area contributed by atoms with Crippen molar-refractivity contribution < 1.29 is 45.5 Å². The van der Waals surface area contributed by atoms with Gasteiger partial charge in [-0.15, -0.1) is 0 Å². The molecule has 0 spiro atoms. The van der Waals surface area contributed by atoms with Crippen molar-refractivity contribution in [3.8, 4) is 0 Å². The molecule has 0 saturated heterocycles. The van der Waals surface area contributed by atoms with Crippen LogP contribution in [-0.4, -0.2) is 99.5 Å². The van der Waals surface area contributed by atoms with E-state index < -0.39 is 29.4 Å². The van der Waals surface area contributed by atoms with Crippen LogP contribution in [0.2, 0.25) is 12.1 Å². The molecule has 12 nitrogen and oxygen atoms in total. The van der Waals surface area contributed by atoms with E-state index in [9.17, 15) is 0 Å². The quantitative estimate of drug-likeness (QED) is 0.203. The molecule has 0 aromatic rings. The molecule has 0 radical (unpaired) electrons. The maximum absolute atomic E-state index is 6.00. The average molecular weight is 507 g/mol. The van der Waals surface area contributed by atoms with Gasteiger partial charge in [0.15, 0.2) is 0 Å². The highest BCUT2D eigenvalue weighted by molar-refractivity contribution is 6.60. The molecule has 0 bridgehead atoms. The van der Waals surface area contributed by atoms with E-state index in [4.69, 9.17) is 57.0 Å². The van der Waals surface area contributed by atoms with Crippen molar-refractivity contribution in [2.45, 2.75) is 50.6 Å². The Labute approximate surface area is 195 Å². The molecule has 0 atom stereocenters. The van der Waals surface area contributed by atoms with Crippen molar-refractivity contribution >= 4 is 17.6 Å². The average Bonchev–Trinajstić information content (AvgIpc) is 2.82. The zero-order chi connectivity index (χ0) is 25.3. The summed E-state index contributed by atoms with van der Waals surface area (Å²) in [4.78, 5) is 0. The summed E-state index contributed by atoms with van der Waals surface area (Å²) in [6.07, 6.45) is 0.887. The molecule has 0 amide bonds. The Morgan fingerprint density at radius 3 is 1.03 bits per heavy atom. The van der Waals surface area contributed by atoms with Crippen molar-refractivity contribution in [1.82, 2.24) is 0 Å². The van der Waals surface area contributed by atoms with Crippen LogP contribution >= 0.6 is 0 Å². The summed E-state index contributed by atoms with van der Waals surface area (Å²) in [5.74, 6) is -2.22. The Hall–Kier alpha value is -0.0462. The largest absolute Gasteiger partial charge is 0.500 e. The standard InChI is InChI=1S/C10H25NO5Si.C8H21NO5Si/c1-6-15-10(11,16-7-2)8-9-17(12-3,13-4)14-5;1-10-8(9,11-2)6-7-15(12-3,13-4)14-5/h6-9,11H2,1-5H3;6-7,9H2,1-5H3. The first-order valence-electron chi connectivity index (χ1n) is 10.3. The van der Waals surface area contributed by atoms with Crippen molar-refractivity contribution in [1.29, 1.82) is 0 Å². The first kappa shape index (κ1) is 34.1. The van der Waals surface area contributed by atoms with E-state index in [1.807, 2.05) is 13.8 Å². The lowest BCUT2D eigenvalue weighted by Gasteiger charge is -2.32. The fraction of sp³-hybridized carbons (Fsp3) is 1.00. The van der Waals surface area contributed by atoms with Crippen molar-refractivity contribution in [2.24, 2.45) is 11.5 Å². The van der Waals surface area contributed by atoms with Crippen LogP contribution in [0.3, 0.4) is 0 Å². The molecule has 32 heavy (non-hydrogen) atoms. The zero-order valence-corrected chi connectivity index (χ0v) is 23.5. The number of rotatable bonds is 18. The minimum absolute atomic E-state index is 0.432. The molecule has 0 heterocycles. The molecule has 196 valence electrons. The lowest BCUT2D eigenvalue weighted by molar-refractivity contribution is -0.231. The van der Waals surface area contributed by atoms with Crippen LogP contribution in [0.15, 0.2) is 0 Å². The number of hydrogen-bond acceptors (Lipinski definition) is 12. The predicted octanol–water partition coefficient (Wildman–Crippen LogP) is 1.10. The highest BCUT2D eigenvalue weighted by atomic mass is 28.4. The van der Waals surface area contributed by atoms with Crippen molar-refractivity contribution in [2.75, 3.05) is 70.1 Å². The third-order valence-electron chi connectivity index (χ3n) is 4.89. The van der Waals surface area contributed by atoms with Crippen LogP contribution in [0.5, 0.6) is 0 Å². The van der Waals surface area contributed by atoms with E-state index in [1.54, 1.807) is 42.7 Å². The third-order valence-corrected chi connectivity index (χ3v) is 10.4.